The van der Waals surface area contributed by atoms with Gasteiger partial charge >= 0.3 is 0 Å². The van der Waals surface area contributed by atoms with Crippen LogP contribution in [0, 0.1) is 0 Å². The molecule has 0 atom stereocenters. The standard InChI is InChI=1S/C12H7NO/c1-2-8-4-5-11-12-9(6-7-14-12)10(3-1)13(8)11/h1-7H. The first-order chi connectivity index (χ1) is 6.95. The molecule has 0 amide bonds. The van der Waals surface area contributed by atoms with E-state index in [9.17, 15) is 0 Å². The monoisotopic (exact) mass is 181 g/mol. The Bertz CT molecular complexity index is 721. The third-order valence-electron chi connectivity index (χ3n) is 2.85. The van der Waals surface area contributed by atoms with Gasteiger partial charge < -0.3 is 8.82 Å². The molecule has 0 fully saturated rings. The summed E-state index contributed by atoms with van der Waals surface area (Å²) < 4.78 is 7.72. The number of fused-ring (bicyclic) bond motifs is 3. The van der Waals surface area contributed by atoms with Gasteiger partial charge in [-0.2, -0.15) is 0 Å². The van der Waals surface area contributed by atoms with Crippen LogP contribution in [0.3, 0.4) is 0 Å². The molecule has 0 aromatic carbocycles. The molecule has 0 spiro atoms. The summed E-state index contributed by atoms with van der Waals surface area (Å²) >= 11 is 0. The maximum absolute atomic E-state index is 5.49. The Kier molecular flexibility index (Phi) is 0.892. The van der Waals surface area contributed by atoms with Crippen LogP contribution in [0.4, 0.5) is 0 Å². The average Bonchev–Trinajstić information content (AvgIpc) is 2.87. The number of pyridine rings is 1. The smallest absolute Gasteiger partial charge is 0.159 e. The molecule has 0 aliphatic rings. The van der Waals surface area contributed by atoms with Crippen molar-refractivity contribution in [1.29, 1.82) is 0 Å². The molecule has 2 nitrogen and oxygen atoms in total. The summed E-state index contributed by atoms with van der Waals surface area (Å²) in [5.41, 5.74) is 4.61. The highest BCUT2D eigenvalue weighted by Gasteiger charge is 2.12. The Hall–Kier alpha value is -1.96. The Balaban J connectivity index is 2.58. The Morgan fingerprint density at radius 2 is 1.93 bits per heavy atom. The van der Waals surface area contributed by atoms with E-state index in [2.05, 4.69) is 34.7 Å². The lowest BCUT2D eigenvalue weighted by atomic mass is 10.3. The Morgan fingerprint density at radius 1 is 0.929 bits per heavy atom. The van der Waals surface area contributed by atoms with Crippen LogP contribution in [0.15, 0.2) is 47.1 Å². The predicted molar refractivity (Wildman–Crippen MR) is 55.9 cm³/mol. The van der Waals surface area contributed by atoms with Crippen molar-refractivity contribution in [1.82, 2.24) is 4.40 Å². The van der Waals surface area contributed by atoms with Gasteiger partial charge in [0, 0.05) is 10.9 Å². The molecule has 0 aliphatic heterocycles. The van der Waals surface area contributed by atoms with Crippen LogP contribution in [0.25, 0.3) is 27.5 Å². The molecule has 0 unspecified atom stereocenters. The maximum atomic E-state index is 5.49. The van der Waals surface area contributed by atoms with Crippen molar-refractivity contribution in [2.75, 3.05) is 0 Å². The van der Waals surface area contributed by atoms with Crippen molar-refractivity contribution < 1.29 is 4.42 Å². The molecule has 0 aliphatic carbocycles. The number of aromatic nitrogens is 1. The number of rotatable bonds is 0. The van der Waals surface area contributed by atoms with Crippen LogP contribution in [0.5, 0.6) is 0 Å². The fraction of sp³-hybridized carbons (Fsp3) is 0. The molecule has 0 saturated carbocycles. The lowest BCUT2D eigenvalue weighted by molar-refractivity contribution is 0.618. The molecule has 4 rings (SSSR count). The van der Waals surface area contributed by atoms with E-state index in [-0.39, 0.29) is 0 Å². The molecular formula is C12H7NO. The van der Waals surface area contributed by atoms with E-state index >= 15 is 0 Å². The van der Waals surface area contributed by atoms with E-state index in [4.69, 9.17) is 4.42 Å². The van der Waals surface area contributed by atoms with Gasteiger partial charge in [0.25, 0.3) is 0 Å². The zero-order valence-electron chi connectivity index (χ0n) is 7.40. The van der Waals surface area contributed by atoms with Crippen LogP contribution in [0.2, 0.25) is 0 Å². The first-order valence-corrected chi connectivity index (χ1v) is 4.64. The summed E-state index contributed by atoms with van der Waals surface area (Å²) in [5, 5.41) is 1.20. The second kappa shape index (κ2) is 1.93. The Morgan fingerprint density at radius 3 is 2.93 bits per heavy atom. The minimum absolute atomic E-state index is 0.992. The summed E-state index contributed by atoms with van der Waals surface area (Å²) in [7, 11) is 0. The molecule has 0 N–H and O–H groups in total. The average molecular weight is 181 g/mol. The third kappa shape index (κ3) is 0.538. The van der Waals surface area contributed by atoms with E-state index in [0.717, 1.165) is 11.1 Å². The summed E-state index contributed by atoms with van der Waals surface area (Å²) in [6.45, 7) is 0. The van der Waals surface area contributed by atoms with E-state index in [1.165, 1.54) is 16.4 Å². The number of hydrogen-bond donors (Lipinski definition) is 0. The van der Waals surface area contributed by atoms with E-state index in [1.54, 1.807) is 6.26 Å². The van der Waals surface area contributed by atoms with Gasteiger partial charge in [-0.1, -0.05) is 6.07 Å². The number of furan rings is 1. The molecule has 66 valence electrons. The fourth-order valence-electron chi connectivity index (χ4n) is 2.26. The van der Waals surface area contributed by atoms with Crippen LogP contribution in [0.1, 0.15) is 0 Å². The minimum atomic E-state index is 0.992. The molecule has 0 radical (unpaired) electrons. The minimum Gasteiger partial charge on any atom is -0.462 e. The molecule has 4 aromatic rings. The maximum Gasteiger partial charge on any atom is 0.159 e. The SMILES string of the molecule is c1cc2ccc3c4occc4c(c1)n23. The lowest BCUT2D eigenvalue weighted by Gasteiger charge is -1.93. The van der Waals surface area contributed by atoms with Crippen molar-refractivity contribution in [2.24, 2.45) is 0 Å². The van der Waals surface area contributed by atoms with Crippen LogP contribution < -0.4 is 0 Å². The second-order valence-corrected chi connectivity index (χ2v) is 3.55. The molecule has 2 heteroatoms. The van der Waals surface area contributed by atoms with Gasteiger partial charge in [-0.15, -0.1) is 0 Å². The molecular weight excluding hydrogens is 174 g/mol. The van der Waals surface area contributed by atoms with Crippen molar-refractivity contribution >= 4 is 27.5 Å². The summed E-state index contributed by atoms with van der Waals surface area (Å²) in [6, 6.07) is 12.6. The van der Waals surface area contributed by atoms with Gasteiger partial charge in [-0.25, -0.2) is 0 Å². The molecule has 0 saturated heterocycles. The number of hydrogen-bond acceptors (Lipinski definition) is 1. The Labute approximate surface area is 79.7 Å². The van der Waals surface area contributed by atoms with Gasteiger partial charge in [0.1, 0.15) is 0 Å². The van der Waals surface area contributed by atoms with Crippen LogP contribution >= 0.6 is 0 Å². The molecule has 4 aromatic heterocycles. The quantitative estimate of drug-likeness (QED) is 0.407. The first-order valence-electron chi connectivity index (χ1n) is 4.64. The topological polar surface area (TPSA) is 17.6 Å². The highest BCUT2D eigenvalue weighted by Crippen LogP contribution is 2.31. The zero-order chi connectivity index (χ0) is 9.12. The molecule has 0 bridgehead atoms. The van der Waals surface area contributed by atoms with Gasteiger partial charge in [-0.05, 0) is 30.3 Å². The van der Waals surface area contributed by atoms with E-state index < -0.39 is 0 Å². The molecule has 14 heavy (non-hydrogen) atoms. The van der Waals surface area contributed by atoms with Crippen LogP contribution in [-0.4, -0.2) is 4.40 Å². The van der Waals surface area contributed by atoms with Gasteiger partial charge in [-0.3, -0.25) is 0 Å². The van der Waals surface area contributed by atoms with Gasteiger partial charge in [0.2, 0.25) is 0 Å². The summed E-state index contributed by atoms with van der Waals surface area (Å²) in [6.07, 6.45) is 1.75. The normalized spacial score (nSPS) is 12.3. The lowest BCUT2D eigenvalue weighted by Crippen LogP contribution is -1.79. The van der Waals surface area contributed by atoms with Crippen molar-refractivity contribution in [3.63, 3.8) is 0 Å². The fourth-order valence-corrected chi connectivity index (χ4v) is 2.26. The first kappa shape index (κ1) is 6.49. The highest BCUT2D eigenvalue weighted by atomic mass is 16.3. The van der Waals surface area contributed by atoms with Gasteiger partial charge in [0.15, 0.2) is 5.58 Å². The van der Waals surface area contributed by atoms with E-state index in [0.29, 0.717) is 0 Å². The van der Waals surface area contributed by atoms with Crippen molar-refractivity contribution in [3.05, 3.63) is 42.7 Å². The zero-order valence-corrected chi connectivity index (χ0v) is 7.40. The highest BCUT2D eigenvalue weighted by molar-refractivity contribution is 6.06. The van der Waals surface area contributed by atoms with Crippen LogP contribution in [-0.2, 0) is 0 Å². The summed E-state index contributed by atoms with van der Waals surface area (Å²) in [5.74, 6) is 0. The predicted octanol–water partition coefficient (Wildman–Crippen LogP) is 3.28. The largest absolute Gasteiger partial charge is 0.462 e. The van der Waals surface area contributed by atoms with Crippen molar-refractivity contribution in [3.8, 4) is 0 Å². The second-order valence-electron chi connectivity index (χ2n) is 3.55. The number of nitrogens with zero attached hydrogens (tertiary/aromatic N) is 1. The van der Waals surface area contributed by atoms with E-state index in [1.807, 2.05) is 6.07 Å². The van der Waals surface area contributed by atoms with Crippen molar-refractivity contribution in [2.45, 2.75) is 0 Å². The summed E-state index contributed by atoms with van der Waals surface area (Å²) in [4.78, 5) is 0. The molecule has 4 heterocycles. The third-order valence-corrected chi connectivity index (χ3v) is 2.85. The van der Waals surface area contributed by atoms with Gasteiger partial charge in [0.05, 0.1) is 17.3 Å².